The van der Waals surface area contributed by atoms with Crippen molar-refractivity contribution in [3.63, 3.8) is 0 Å². The van der Waals surface area contributed by atoms with E-state index in [2.05, 4.69) is 10.3 Å². The summed E-state index contributed by atoms with van der Waals surface area (Å²) in [7, 11) is 0. The third-order valence-corrected chi connectivity index (χ3v) is 8.87. The second-order valence-corrected chi connectivity index (χ2v) is 14.1. The number of hydrogen-bond acceptors (Lipinski definition) is 5. The maximum absolute atomic E-state index is 15.8. The fraction of sp³-hybridized carbons (Fsp3) is 0.514. The molecule has 1 amide bonds. The van der Waals surface area contributed by atoms with Crippen LogP contribution in [0.1, 0.15) is 99.0 Å². The monoisotopic (exact) mass is 650 g/mol. The van der Waals surface area contributed by atoms with E-state index in [1.165, 1.54) is 4.57 Å². The molecule has 0 aliphatic carbocycles. The largest absolute Gasteiger partial charge is 0.481 e. The lowest BCUT2D eigenvalue weighted by molar-refractivity contribution is -0.138. The summed E-state index contributed by atoms with van der Waals surface area (Å²) in [5, 5.41) is 12.7. The summed E-state index contributed by atoms with van der Waals surface area (Å²) in [6, 6.07) is 6.98. The topological polar surface area (TPSA) is 105 Å². The highest BCUT2D eigenvalue weighted by Crippen LogP contribution is 2.34. The van der Waals surface area contributed by atoms with Gasteiger partial charge in [0.15, 0.2) is 0 Å². The number of hydrogen-bond donors (Lipinski definition) is 2. The van der Waals surface area contributed by atoms with E-state index in [1.54, 1.807) is 32.2 Å². The number of carbonyl (C=O) groups is 2. The average Bonchev–Trinajstić information content (AvgIpc) is 2.94. The highest BCUT2D eigenvalue weighted by atomic mass is 19.1. The van der Waals surface area contributed by atoms with E-state index in [-0.39, 0.29) is 23.8 Å². The van der Waals surface area contributed by atoms with Crippen molar-refractivity contribution in [3.8, 4) is 11.1 Å². The highest BCUT2D eigenvalue weighted by molar-refractivity contribution is 5.82. The number of carboxylic acid groups (broad SMARTS) is 1. The Kier molecular flexibility index (Phi) is 11.1. The second kappa shape index (κ2) is 14.5. The van der Waals surface area contributed by atoms with Crippen LogP contribution in [0.4, 0.5) is 8.78 Å². The van der Waals surface area contributed by atoms with Gasteiger partial charge in [-0.2, -0.15) is 4.98 Å². The Morgan fingerprint density at radius 2 is 1.70 bits per heavy atom. The number of likely N-dealkylation sites (tertiary alicyclic amines) is 1. The van der Waals surface area contributed by atoms with E-state index >= 15 is 4.39 Å². The van der Waals surface area contributed by atoms with Crippen molar-refractivity contribution >= 4 is 11.9 Å². The number of aryl methyl sites for hydroxylation is 3. The number of nitrogens with one attached hydrogen (secondary N) is 1. The van der Waals surface area contributed by atoms with Gasteiger partial charge in [-0.25, -0.2) is 13.6 Å². The number of aromatic nitrogens is 2. The molecule has 2 heterocycles. The number of benzene rings is 2. The van der Waals surface area contributed by atoms with Crippen molar-refractivity contribution in [2.75, 3.05) is 19.6 Å². The summed E-state index contributed by atoms with van der Waals surface area (Å²) in [5.74, 6) is -2.46. The maximum Gasteiger partial charge on any atom is 0.348 e. The zero-order valence-electron chi connectivity index (χ0n) is 28.8. The SMILES string of the molecule is Cc1cc(-c2c(C)cccc2C)cc(C(CC(=O)O)NC(=O)C(CC(C)C)n2cc(CCN3CC(C)(F)C3)c(C(C)C)nc2=O)c1F. The van der Waals surface area contributed by atoms with Gasteiger partial charge in [-0.05, 0) is 97.9 Å². The van der Waals surface area contributed by atoms with E-state index in [9.17, 15) is 23.9 Å². The van der Waals surface area contributed by atoms with Crippen LogP contribution in [0.3, 0.4) is 0 Å². The Balaban J connectivity index is 1.73. The quantitative estimate of drug-likeness (QED) is 0.216. The Morgan fingerprint density at radius 3 is 2.26 bits per heavy atom. The molecule has 2 N–H and O–H groups in total. The summed E-state index contributed by atoms with van der Waals surface area (Å²) in [4.78, 5) is 46.0. The number of rotatable bonds is 13. The van der Waals surface area contributed by atoms with E-state index in [0.717, 1.165) is 27.8 Å². The van der Waals surface area contributed by atoms with Crippen molar-refractivity contribution < 1.29 is 23.5 Å². The van der Waals surface area contributed by atoms with Gasteiger partial charge in [-0.3, -0.25) is 19.1 Å². The van der Waals surface area contributed by atoms with Crippen LogP contribution in [0.5, 0.6) is 0 Å². The molecule has 2 atom stereocenters. The number of amides is 1. The standard InChI is InChI=1S/C37H48F2N4O4/c1-21(2)14-30(43-18-26(34(22(3)4)41-36(43)47)12-13-42-19-37(8,39)20-42)35(46)40-29(17-31(44)45)28-16-27(15-25(7)33(28)38)32-23(5)10-9-11-24(32)6/h9-11,15-16,18,21-22,29-30H,12-14,17,19-20H2,1-8H3,(H,40,46)(H,44,45). The molecule has 0 radical (unpaired) electrons. The summed E-state index contributed by atoms with van der Waals surface area (Å²) in [6.45, 7) is 16.1. The summed E-state index contributed by atoms with van der Waals surface area (Å²) < 4.78 is 31.2. The van der Waals surface area contributed by atoms with E-state index < -0.39 is 47.6 Å². The lowest BCUT2D eigenvalue weighted by Gasteiger charge is -2.42. The van der Waals surface area contributed by atoms with Crippen molar-refractivity contribution in [3.05, 3.63) is 86.3 Å². The lowest BCUT2D eigenvalue weighted by Crippen LogP contribution is -2.57. The summed E-state index contributed by atoms with van der Waals surface area (Å²) in [5.41, 5.74) is 3.62. The minimum atomic E-state index is -1.21. The molecule has 47 heavy (non-hydrogen) atoms. The van der Waals surface area contributed by atoms with Crippen LogP contribution in [0, 0.1) is 32.5 Å². The molecule has 2 aromatic carbocycles. The third-order valence-electron chi connectivity index (χ3n) is 8.87. The molecule has 0 spiro atoms. The molecule has 1 fully saturated rings. The number of nitrogens with zero attached hydrogens (tertiary/aromatic N) is 3. The normalized spacial score (nSPS) is 15.8. The molecule has 1 aromatic heterocycles. The van der Waals surface area contributed by atoms with Crippen molar-refractivity contribution in [1.29, 1.82) is 0 Å². The molecule has 0 bridgehead atoms. The minimum Gasteiger partial charge on any atom is -0.481 e. The van der Waals surface area contributed by atoms with Crippen molar-refractivity contribution in [2.45, 2.75) is 98.3 Å². The Bertz CT molecular complexity index is 1670. The lowest BCUT2D eigenvalue weighted by atomic mass is 9.90. The predicted molar refractivity (Wildman–Crippen MR) is 180 cm³/mol. The minimum absolute atomic E-state index is 0.0153. The summed E-state index contributed by atoms with van der Waals surface area (Å²) >= 11 is 0. The van der Waals surface area contributed by atoms with Crippen molar-refractivity contribution in [2.24, 2.45) is 5.92 Å². The van der Waals surface area contributed by atoms with E-state index in [0.29, 0.717) is 37.3 Å². The number of alkyl halides is 1. The number of carboxylic acids is 1. The number of carbonyl (C=O) groups excluding carboxylic acids is 1. The smallest absolute Gasteiger partial charge is 0.348 e. The van der Waals surface area contributed by atoms with Crippen LogP contribution < -0.4 is 11.0 Å². The van der Waals surface area contributed by atoms with Gasteiger partial charge in [0.1, 0.15) is 17.5 Å². The Hall–Kier alpha value is -3.92. The van der Waals surface area contributed by atoms with Gasteiger partial charge in [0.2, 0.25) is 5.91 Å². The van der Waals surface area contributed by atoms with Crippen LogP contribution in [-0.2, 0) is 16.0 Å². The van der Waals surface area contributed by atoms with Crippen LogP contribution in [0.2, 0.25) is 0 Å². The average molecular weight is 651 g/mol. The number of aliphatic carboxylic acids is 1. The van der Waals surface area contributed by atoms with Gasteiger partial charge in [0.05, 0.1) is 18.2 Å². The molecule has 8 nitrogen and oxygen atoms in total. The van der Waals surface area contributed by atoms with Crippen LogP contribution in [0.15, 0.2) is 41.3 Å². The van der Waals surface area contributed by atoms with Crippen molar-refractivity contribution in [1.82, 2.24) is 19.8 Å². The molecule has 1 saturated heterocycles. The van der Waals surface area contributed by atoms with Gasteiger partial charge in [0, 0.05) is 31.4 Å². The number of halogens is 2. The Labute approximate surface area is 276 Å². The van der Waals surface area contributed by atoms with Gasteiger partial charge in [-0.15, -0.1) is 0 Å². The molecule has 10 heteroatoms. The fourth-order valence-corrected chi connectivity index (χ4v) is 6.70. The molecule has 254 valence electrons. The first-order valence-electron chi connectivity index (χ1n) is 16.4. The van der Waals surface area contributed by atoms with E-state index in [1.807, 2.05) is 64.6 Å². The highest BCUT2D eigenvalue weighted by Gasteiger charge is 2.38. The van der Waals surface area contributed by atoms with Crippen LogP contribution in [0.25, 0.3) is 11.1 Å². The van der Waals surface area contributed by atoms with Gasteiger partial charge < -0.3 is 10.4 Å². The maximum atomic E-state index is 15.8. The first-order chi connectivity index (χ1) is 22.0. The van der Waals surface area contributed by atoms with Crippen LogP contribution >= 0.6 is 0 Å². The third kappa shape index (κ3) is 8.52. The molecule has 1 aliphatic heterocycles. The first-order valence-corrected chi connectivity index (χ1v) is 16.4. The van der Waals surface area contributed by atoms with Crippen LogP contribution in [-0.4, -0.2) is 56.7 Å². The molecule has 3 aromatic rings. The second-order valence-electron chi connectivity index (χ2n) is 14.1. The molecule has 4 rings (SSSR count). The Morgan fingerprint density at radius 1 is 1.06 bits per heavy atom. The summed E-state index contributed by atoms with van der Waals surface area (Å²) in [6.07, 6.45) is 1.90. The molecular weight excluding hydrogens is 602 g/mol. The zero-order chi connectivity index (χ0) is 34.8. The molecule has 0 saturated carbocycles. The molecular formula is C37H48F2N4O4. The van der Waals surface area contributed by atoms with E-state index in [4.69, 9.17) is 0 Å². The van der Waals surface area contributed by atoms with Gasteiger partial charge >= 0.3 is 11.7 Å². The zero-order valence-corrected chi connectivity index (χ0v) is 28.8. The first kappa shape index (κ1) is 35.9. The molecule has 1 aliphatic rings. The molecule has 2 unspecified atom stereocenters. The predicted octanol–water partition coefficient (Wildman–Crippen LogP) is 6.60. The fourth-order valence-electron chi connectivity index (χ4n) is 6.70. The van der Waals surface area contributed by atoms with Gasteiger partial charge in [-0.1, -0.05) is 45.9 Å². The van der Waals surface area contributed by atoms with Gasteiger partial charge in [0.25, 0.3) is 0 Å².